The Morgan fingerprint density at radius 2 is 1.68 bits per heavy atom. The van der Waals surface area contributed by atoms with Crippen LogP contribution in [0.15, 0.2) is 59.4 Å². The lowest BCUT2D eigenvalue weighted by molar-refractivity contribution is 0.0947. The van der Waals surface area contributed by atoms with Crippen LogP contribution in [-0.2, 0) is 6.54 Å². The summed E-state index contributed by atoms with van der Waals surface area (Å²) in [5.41, 5.74) is 3.32. The monoisotopic (exact) mass is 544 g/mol. The standard InChI is InChI=1S/C31H36N4O5/c1-19(2)15-32-30(37)21-8-9-28(26(13-21)33-31(38)22-11-24(39-3)14-25(12-22)40-4)34-16-20-10-23(18-34)27-6-5-7-29(36)35(27)17-20/h5-9,11-14,19-20,23H,10,15-18H2,1-4H3,(H,32,37)(H,33,38). The van der Waals surface area contributed by atoms with E-state index in [0.717, 1.165) is 24.3 Å². The summed E-state index contributed by atoms with van der Waals surface area (Å²) in [7, 11) is 3.07. The van der Waals surface area contributed by atoms with Gasteiger partial charge in [-0.3, -0.25) is 14.4 Å². The molecule has 2 aromatic carbocycles. The van der Waals surface area contributed by atoms with Crippen molar-refractivity contribution in [1.29, 1.82) is 0 Å². The van der Waals surface area contributed by atoms with Crippen molar-refractivity contribution in [2.75, 3.05) is 44.1 Å². The highest BCUT2D eigenvalue weighted by Gasteiger charge is 2.35. The number of fused-ring (bicyclic) bond motifs is 4. The first-order valence-corrected chi connectivity index (χ1v) is 13.7. The Kier molecular flexibility index (Phi) is 7.82. The third-order valence-electron chi connectivity index (χ3n) is 7.61. The molecule has 2 aliphatic rings. The first-order valence-electron chi connectivity index (χ1n) is 13.7. The highest BCUT2D eigenvalue weighted by atomic mass is 16.5. The van der Waals surface area contributed by atoms with Crippen molar-refractivity contribution < 1.29 is 19.1 Å². The van der Waals surface area contributed by atoms with Gasteiger partial charge in [-0.05, 0) is 54.7 Å². The van der Waals surface area contributed by atoms with Crippen molar-refractivity contribution in [3.63, 3.8) is 0 Å². The van der Waals surface area contributed by atoms with Gasteiger partial charge in [-0.15, -0.1) is 0 Å². The minimum atomic E-state index is -0.340. The summed E-state index contributed by atoms with van der Waals surface area (Å²) in [6.45, 7) is 6.75. The second kappa shape index (κ2) is 11.5. The largest absolute Gasteiger partial charge is 0.497 e. The minimum Gasteiger partial charge on any atom is -0.497 e. The molecule has 2 atom stereocenters. The van der Waals surface area contributed by atoms with E-state index in [1.165, 1.54) is 14.2 Å². The Hall–Kier alpha value is -4.27. The van der Waals surface area contributed by atoms with Crippen LogP contribution in [-0.4, -0.2) is 50.2 Å². The number of amides is 2. The molecule has 0 aliphatic carbocycles. The quantitative estimate of drug-likeness (QED) is 0.442. The lowest BCUT2D eigenvalue weighted by Gasteiger charge is -2.44. The Bertz CT molecular complexity index is 1460. The number of pyridine rings is 1. The Balaban J connectivity index is 1.48. The SMILES string of the molecule is COc1cc(OC)cc(C(=O)Nc2cc(C(=O)NCC(C)C)ccc2N2CC3CC(C2)c2cccc(=O)n2C3)c1. The lowest BCUT2D eigenvalue weighted by Crippen LogP contribution is -2.47. The summed E-state index contributed by atoms with van der Waals surface area (Å²) in [4.78, 5) is 41.2. The number of anilines is 2. The van der Waals surface area contributed by atoms with Gasteiger partial charge in [0.05, 0.1) is 25.6 Å². The van der Waals surface area contributed by atoms with Crippen LogP contribution in [0.2, 0.25) is 0 Å². The maximum absolute atomic E-state index is 13.5. The van der Waals surface area contributed by atoms with Gasteiger partial charge in [0.15, 0.2) is 0 Å². The van der Waals surface area contributed by atoms with Crippen LogP contribution in [0.3, 0.4) is 0 Å². The molecule has 0 radical (unpaired) electrons. The van der Waals surface area contributed by atoms with Gasteiger partial charge in [-0.25, -0.2) is 0 Å². The van der Waals surface area contributed by atoms with Gasteiger partial charge in [0.2, 0.25) is 0 Å². The van der Waals surface area contributed by atoms with Gasteiger partial charge in [-0.1, -0.05) is 19.9 Å². The topological polar surface area (TPSA) is 102 Å². The Labute approximate surface area is 234 Å². The molecular formula is C31H36N4O5. The third kappa shape index (κ3) is 5.68. The number of benzene rings is 2. The average Bonchev–Trinajstić information content (AvgIpc) is 2.96. The van der Waals surface area contributed by atoms with Crippen LogP contribution in [0.1, 0.15) is 52.6 Å². The van der Waals surface area contributed by atoms with E-state index in [1.54, 1.807) is 36.4 Å². The van der Waals surface area contributed by atoms with Gasteiger partial charge >= 0.3 is 0 Å². The van der Waals surface area contributed by atoms with Crippen molar-refractivity contribution in [3.05, 3.63) is 81.8 Å². The van der Waals surface area contributed by atoms with E-state index in [-0.39, 0.29) is 23.3 Å². The molecule has 1 fully saturated rings. The second-order valence-corrected chi connectivity index (χ2v) is 11.0. The summed E-state index contributed by atoms with van der Waals surface area (Å²) in [5.74, 6) is 1.28. The normalized spacial score (nSPS) is 17.7. The number of piperidine rings is 1. The molecule has 2 aliphatic heterocycles. The number of ether oxygens (including phenoxy) is 2. The Morgan fingerprint density at radius 3 is 2.38 bits per heavy atom. The fourth-order valence-electron chi connectivity index (χ4n) is 5.68. The first-order chi connectivity index (χ1) is 19.2. The van der Waals surface area contributed by atoms with Crippen molar-refractivity contribution in [2.24, 2.45) is 11.8 Å². The van der Waals surface area contributed by atoms with E-state index in [0.29, 0.717) is 59.8 Å². The molecule has 5 rings (SSSR count). The number of rotatable bonds is 8. The van der Waals surface area contributed by atoms with Crippen molar-refractivity contribution in [2.45, 2.75) is 32.7 Å². The highest BCUT2D eigenvalue weighted by molar-refractivity contribution is 6.07. The molecule has 0 spiro atoms. The fraction of sp³-hybridized carbons (Fsp3) is 0.387. The number of nitrogens with zero attached hydrogens (tertiary/aromatic N) is 2. The molecule has 9 heteroatoms. The third-order valence-corrected chi connectivity index (χ3v) is 7.61. The molecule has 2 amide bonds. The number of hydrogen-bond acceptors (Lipinski definition) is 6. The van der Waals surface area contributed by atoms with E-state index in [4.69, 9.17) is 9.47 Å². The molecule has 2 bridgehead atoms. The number of aromatic nitrogens is 1. The summed E-state index contributed by atoms with van der Waals surface area (Å²) in [5, 5.41) is 6.01. The number of hydrogen-bond donors (Lipinski definition) is 2. The van der Waals surface area contributed by atoms with Crippen LogP contribution < -0.4 is 30.6 Å². The molecule has 3 heterocycles. The lowest BCUT2D eigenvalue weighted by atomic mass is 9.83. The maximum Gasteiger partial charge on any atom is 0.255 e. The molecule has 0 saturated carbocycles. The number of methoxy groups -OCH3 is 2. The van der Waals surface area contributed by atoms with Gasteiger partial charge in [-0.2, -0.15) is 0 Å². The van der Waals surface area contributed by atoms with Crippen LogP contribution >= 0.6 is 0 Å². The van der Waals surface area contributed by atoms with Crippen molar-refractivity contribution in [3.8, 4) is 11.5 Å². The molecule has 2 unspecified atom stereocenters. The average molecular weight is 545 g/mol. The molecular weight excluding hydrogens is 508 g/mol. The van der Waals surface area contributed by atoms with E-state index in [9.17, 15) is 14.4 Å². The summed E-state index contributed by atoms with van der Waals surface area (Å²) < 4.78 is 12.6. The van der Waals surface area contributed by atoms with E-state index >= 15 is 0 Å². The molecule has 2 N–H and O–H groups in total. The number of carbonyl (C=O) groups excluding carboxylic acids is 2. The maximum atomic E-state index is 13.5. The summed E-state index contributed by atoms with van der Waals surface area (Å²) in [6.07, 6.45) is 1.01. The zero-order valence-electron chi connectivity index (χ0n) is 23.4. The molecule has 1 aromatic heterocycles. The summed E-state index contributed by atoms with van der Waals surface area (Å²) in [6, 6.07) is 15.9. The van der Waals surface area contributed by atoms with E-state index in [1.807, 2.05) is 36.6 Å². The Morgan fingerprint density at radius 1 is 0.925 bits per heavy atom. The second-order valence-electron chi connectivity index (χ2n) is 11.0. The molecule has 40 heavy (non-hydrogen) atoms. The van der Waals surface area contributed by atoms with Gasteiger partial charge in [0.25, 0.3) is 17.4 Å². The van der Waals surface area contributed by atoms with Crippen LogP contribution in [0.4, 0.5) is 11.4 Å². The predicted octanol–water partition coefficient (Wildman–Crippen LogP) is 4.13. The molecule has 3 aromatic rings. The van der Waals surface area contributed by atoms with E-state index < -0.39 is 0 Å². The van der Waals surface area contributed by atoms with Crippen LogP contribution in [0.5, 0.6) is 11.5 Å². The highest BCUT2D eigenvalue weighted by Crippen LogP contribution is 2.39. The number of nitrogens with one attached hydrogen (secondary N) is 2. The van der Waals surface area contributed by atoms with Crippen molar-refractivity contribution >= 4 is 23.2 Å². The first kappa shape index (κ1) is 27.3. The zero-order chi connectivity index (χ0) is 28.4. The number of carbonyl (C=O) groups is 2. The van der Waals surface area contributed by atoms with Gasteiger partial charge in [0, 0.05) is 61.1 Å². The van der Waals surface area contributed by atoms with Crippen LogP contribution in [0.25, 0.3) is 0 Å². The molecule has 9 nitrogen and oxygen atoms in total. The zero-order valence-corrected chi connectivity index (χ0v) is 23.4. The predicted molar refractivity (Wildman–Crippen MR) is 155 cm³/mol. The summed E-state index contributed by atoms with van der Waals surface area (Å²) >= 11 is 0. The minimum absolute atomic E-state index is 0.0408. The van der Waals surface area contributed by atoms with Gasteiger partial charge < -0.3 is 29.6 Å². The smallest absolute Gasteiger partial charge is 0.255 e. The van der Waals surface area contributed by atoms with Crippen molar-refractivity contribution in [1.82, 2.24) is 9.88 Å². The van der Waals surface area contributed by atoms with Crippen LogP contribution in [0, 0.1) is 11.8 Å². The fourth-order valence-corrected chi connectivity index (χ4v) is 5.68. The van der Waals surface area contributed by atoms with E-state index in [2.05, 4.69) is 15.5 Å². The van der Waals surface area contributed by atoms with Gasteiger partial charge in [0.1, 0.15) is 11.5 Å². The molecule has 1 saturated heterocycles. The molecule has 210 valence electrons.